The van der Waals surface area contributed by atoms with Gasteiger partial charge in [-0.3, -0.25) is 4.90 Å². The molecule has 0 aliphatic heterocycles. The van der Waals surface area contributed by atoms with E-state index < -0.39 is 17.2 Å². The number of nitriles is 1. The Morgan fingerprint density at radius 2 is 2.03 bits per heavy atom. The Kier molecular flexibility index (Phi) is 8.32. The van der Waals surface area contributed by atoms with Crippen molar-refractivity contribution in [1.82, 2.24) is 34.7 Å². The van der Waals surface area contributed by atoms with Gasteiger partial charge in [-0.05, 0) is 36.7 Å². The van der Waals surface area contributed by atoms with Crippen molar-refractivity contribution < 1.29 is 13.9 Å². The van der Waals surface area contributed by atoms with Crippen LogP contribution in [-0.4, -0.2) is 52.9 Å². The number of rotatable bonds is 12. The van der Waals surface area contributed by atoms with Gasteiger partial charge in [-0.2, -0.15) is 10.4 Å². The predicted molar refractivity (Wildman–Crippen MR) is 131 cm³/mol. The van der Waals surface area contributed by atoms with Crippen LogP contribution >= 0.6 is 0 Å². The minimum absolute atomic E-state index is 0.0214. The fraction of sp³-hybridized carbons (Fsp3) is 0.346. The molecule has 0 fully saturated rings. The summed E-state index contributed by atoms with van der Waals surface area (Å²) in [5.74, 6) is -1.55. The summed E-state index contributed by atoms with van der Waals surface area (Å²) in [4.78, 5) is 5.90. The quantitative estimate of drug-likeness (QED) is 0.314. The first-order valence-electron chi connectivity index (χ1n) is 12.0. The summed E-state index contributed by atoms with van der Waals surface area (Å²) in [5.41, 5.74) is 0.435. The fourth-order valence-corrected chi connectivity index (χ4v) is 4.28. The number of nitrogens with zero attached hydrogens (tertiary/aromatic N) is 8. The van der Waals surface area contributed by atoms with Gasteiger partial charge in [0.2, 0.25) is 0 Å². The molecule has 11 heteroatoms. The molecule has 0 aliphatic carbocycles. The highest BCUT2D eigenvalue weighted by molar-refractivity contribution is 5.32. The van der Waals surface area contributed by atoms with Crippen molar-refractivity contribution >= 4 is 0 Å². The van der Waals surface area contributed by atoms with Crippen molar-refractivity contribution in [3.63, 3.8) is 0 Å². The lowest BCUT2D eigenvalue weighted by atomic mass is 9.92. The predicted octanol–water partition coefficient (Wildman–Crippen LogP) is 3.26. The van der Waals surface area contributed by atoms with Crippen molar-refractivity contribution in [3.05, 3.63) is 95.3 Å². The van der Waals surface area contributed by atoms with Crippen LogP contribution in [0.3, 0.4) is 0 Å². The molecule has 37 heavy (non-hydrogen) atoms. The lowest BCUT2D eigenvalue weighted by Gasteiger charge is -2.34. The van der Waals surface area contributed by atoms with Crippen LogP contribution in [-0.2, 0) is 25.2 Å². The topological polar surface area (TPSA) is 109 Å². The Hall–Kier alpha value is -4.01. The van der Waals surface area contributed by atoms with E-state index in [2.05, 4.69) is 33.4 Å². The first-order chi connectivity index (χ1) is 17.9. The number of aliphatic hydroxyl groups is 1. The third kappa shape index (κ3) is 6.81. The van der Waals surface area contributed by atoms with Crippen molar-refractivity contribution in [2.75, 3.05) is 13.1 Å². The molecule has 0 bridgehead atoms. The van der Waals surface area contributed by atoms with E-state index in [0.29, 0.717) is 30.9 Å². The first-order valence-corrected chi connectivity index (χ1v) is 12.0. The molecule has 0 saturated carbocycles. The Morgan fingerprint density at radius 3 is 2.76 bits per heavy atom. The second-order valence-corrected chi connectivity index (χ2v) is 9.03. The van der Waals surface area contributed by atoms with Crippen LogP contribution in [0.5, 0.6) is 0 Å². The van der Waals surface area contributed by atoms with Crippen molar-refractivity contribution in [3.8, 4) is 6.07 Å². The molecule has 1 atom stereocenters. The van der Waals surface area contributed by atoms with Gasteiger partial charge < -0.3 is 5.11 Å². The van der Waals surface area contributed by atoms with Crippen LogP contribution < -0.4 is 0 Å². The average Bonchev–Trinajstić information content (AvgIpc) is 3.54. The Balaban J connectivity index is 1.56. The largest absolute Gasteiger partial charge is 0.382 e. The van der Waals surface area contributed by atoms with Gasteiger partial charge in [0, 0.05) is 24.7 Å². The van der Waals surface area contributed by atoms with Crippen LogP contribution in [0.1, 0.15) is 42.1 Å². The van der Waals surface area contributed by atoms with E-state index in [1.165, 1.54) is 23.4 Å². The Labute approximate surface area is 213 Å². The summed E-state index contributed by atoms with van der Waals surface area (Å²) < 4.78 is 31.6. The van der Waals surface area contributed by atoms with Gasteiger partial charge in [-0.1, -0.05) is 36.8 Å². The highest BCUT2D eigenvalue weighted by Crippen LogP contribution is 2.28. The van der Waals surface area contributed by atoms with Crippen molar-refractivity contribution in [2.24, 2.45) is 0 Å². The standard InChI is InChI=1S/C26H28F2N8O/c1-2-3-9-34(14-23-15-35(33-32-23)13-21-6-4-5-20(10-21)12-29)16-26(37,17-36-19-30-18-31-36)24-8-7-22(27)11-25(24)28/h4-8,10-11,15,18-19,37H,2-3,9,13-14,16-17H2,1H3. The molecule has 0 spiro atoms. The molecular weight excluding hydrogens is 478 g/mol. The van der Waals surface area contributed by atoms with Crippen molar-refractivity contribution in [2.45, 2.75) is 45.0 Å². The third-order valence-corrected chi connectivity index (χ3v) is 6.01. The SMILES string of the molecule is CCCCN(Cc1cn(Cc2cccc(C#N)c2)nn1)CC(O)(Cn1cncn1)c1ccc(F)cc1F. The molecule has 0 amide bonds. The van der Waals surface area contributed by atoms with Gasteiger partial charge in [-0.25, -0.2) is 23.1 Å². The minimum atomic E-state index is -1.72. The van der Waals surface area contributed by atoms with Gasteiger partial charge in [0.1, 0.15) is 29.9 Å². The molecule has 0 radical (unpaired) electrons. The van der Waals surface area contributed by atoms with E-state index in [1.807, 2.05) is 23.2 Å². The maximum atomic E-state index is 14.9. The molecule has 2 aromatic carbocycles. The van der Waals surface area contributed by atoms with E-state index >= 15 is 0 Å². The molecule has 4 rings (SSSR count). The second kappa shape index (κ2) is 11.8. The number of benzene rings is 2. The molecule has 192 valence electrons. The van der Waals surface area contributed by atoms with Gasteiger partial charge in [0.15, 0.2) is 0 Å². The fourth-order valence-electron chi connectivity index (χ4n) is 4.28. The smallest absolute Gasteiger partial charge is 0.137 e. The van der Waals surface area contributed by atoms with E-state index in [4.69, 9.17) is 5.26 Å². The Bertz CT molecular complexity index is 1350. The summed E-state index contributed by atoms with van der Waals surface area (Å²) >= 11 is 0. The number of hydrogen-bond donors (Lipinski definition) is 1. The van der Waals surface area contributed by atoms with Gasteiger partial charge in [-0.15, -0.1) is 5.10 Å². The van der Waals surface area contributed by atoms with Crippen molar-refractivity contribution in [1.29, 1.82) is 5.26 Å². The van der Waals surface area contributed by atoms with Crippen LogP contribution in [0.4, 0.5) is 8.78 Å². The highest BCUT2D eigenvalue weighted by atomic mass is 19.1. The highest BCUT2D eigenvalue weighted by Gasteiger charge is 2.35. The van der Waals surface area contributed by atoms with Crippen LogP contribution in [0, 0.1) is 23.0 Å². The molecule has 4 aromatic rings. The zero-order valence-corrected chi connectivity index (χ0v) is 20.5. The van der Waals surface area contributed by atoms with E-state index in [9.17, 15) is 13.9 Å². The number of halogens is 2. The van der Waals surface area contributed by atoms with E-state index in [1.54, 1.807) is 16.8 Å². The summed E-state index contributed by atoms with van der Waals surface area (Å²) in [5, 5.41) is 33.5. The zero-order valence-electron chi connectivity index (χ0n) is 20.5. The summed E-state index contributed by atoms with van der Waals surface area (Å²) in [6, 6.07) is 12.6. The molecule has 9 nitrogen and oxygen atoms in total. The molecule has 2 heterocycles. The number of hydrogen-bond acceptors (Lipinski definition) is 7. The summed E-state index contributed by atoms with van der Waals surface area (Å²) in [6.45, 7) is 3.48. The minimum Gasteiger partial charge on any atom is -0.382 e. The lowest BCUT2D eigenvalue weighted by Crippen LogP contribution is -2.45. The normalized spacial score (nSPS) is 13.0. The maximum absolute atomic E-state index is 14.9. The van der Waals surface area contributed by atoms with Gasteiger partial charge >= 0.3 is 0 Å². The lowest BCUT2D eigenvalue weighted by molar-refractivity contribution is -0.0242. The molecule has 0 aliphatic rings. The van der Waals surface area contributed by atoms with E-state index in [-0.39, 0.29) is 18.7 Å². The van der Waals surface area contributed by atoms with E-state index in [0.717, 1.165) is 30.5 Å². The molecular formula is C26H28F2N8O. The van der Waals surface area contributed by atoms with Crippen LogP contribution in [0.15, 0.2) is 61.3 Å². The van der Waals surface area contributed by atoms with Gasteiger partial charge in [0.25, 0.3) is 0 Å². The molecule has 2 aromatic heterocycles. The second-order valence-electron chi connectivity index (χ2n) is 9.03. The molecule has 0 saturated heterocycles. The summed E-state index contributed by atoms with van der Waals surface area (Å²) in [6.07, 6.45) is 6.36. The summed E-state index contributed by atoms with van der Waals surface area (Å²) in [7, 11) is 0. The first kappa shape index (κ1) is 26.1. The third-order valence-electron chi connectivity index (χ3n) is 6.01. The average molecular weight is 507 g/mol. The van der Waals surface area contributed by atoms with Crippen LogP contribution in [0.25, 0.3) is 0 Å². The zero-order chi connectivity index (χ0) is 26.3. The molecule has 1 unspecified atom stereocenters. The van der Waals surface area contributed by atoms with Crippen LogP contribution in [0.2, 0.25) is 0 Å². The number of aromatic nitrogens is 6. The Morgan fingerprint density at radius 1 is 1.16 bits per heavy atom. The monoisotopic (exact) mass is 506 g/mol. The molecule has 1 N–H and O–H groups in total. The number of unbranched alkanes of at least 4 members (excludes halogenated alkanes) is 1. The maximum Gasteiger partial charge on any atom is 0.137 e. The van der Waals surface area contributed by atoms with Gasteiger partial charge in [0.05, 0.1) is 36.6 Å².